The molecule has 0 amide bonds. The fourth-order valence-corrected chi connectivity index (χ4v) is 3.95. The zero-order chi connectivity index (χ0) is 18.6. The van der Waals surface area contributed by atoms with Crippen LogP contribution in [0.15, 0.2) is 47.4 Å². The summed E-state index contributed by atoms with van der Waals surface area (Å²) >= 11 is 0. The van der Waals surface area contributed by atoms with Gasteiger partial charge in [0.05, 0.1) is 22.1 Å². The molecule has 0 aromatic heterocycles. The molecule has 0 saturated heterocycles. The van der Waals surface area contributed by atoms with E-state index in [-0.39, 0.29) is 17.1 Å². The molecule has 0 saturated carbocycles. The summed E-state index contributed by atoms with van der Waals surface area (Å²) < 4.78 is 32.6. The van der Waals surface area contributed by atoms with Gasteiger partial charge in [-0.2, -0.15) is 0 Å². The normalized spacial score (nSPS) is 11.2. The second kappa shape index (κ2) is 7.52. The van der Waals surface area contributed by atoms with Crippen LogP contribution in [0.4, 0.5) is 11.4 Å². The maximum absolute atomic E-state index is 13.0. The van der Waals surface area contributed by atoms with Gasteiger partial charge in [-0.05, 0) is 39.0 Å². The van der Waals surface area contributed by atoms with Crippen LogP contribution in [-0.2, 0) is 10.0 Å². The van der Waals surface area contributed by atoms with Gasteiger partial charge in [0.2, 0.25) is 0 Å². The summed E-state index contributed by atoms with van der Waals surface area (Å²) in [5, 5.41) is 11.1. The van der Waals surface area contributed by atoms with E-state index in [1.807, 2.05) is 6.92 Å². The second-order valence-electron chi connectivity index (χ2n) is 5.31. The van der Waals surface area contributed by atoms with Gasteiger partial charge >= 0.3 is 0 Å². The molecule has 0 N–H and O–H groups in total. The van der Waals surface area contributed by atoms with E-state index < -0.39 is 14.9 Å². The molecule has 2 aromatic carbocycles. The third-order valence-electron chi connectivity index (χ3n) is 3.67. The lowest BCUT2D eigenvalue weighted by Crippen LogP contribution is -2.30. The van der Waals surface area contributed by atoms with Crippen LogP contribution < -0.4 is 9.04 Å². The molecule has 25 heavy (non-hydrogen) atoms. The van der Waals surface area contributed by atoms with E-state index in [4.69, 9.17) is 4.74 Å². The SMILES string of the molecule is CCOc1cccc(N(CC)S(=O)(=O)c2ccc(C)c([N+](=O)[O-])c2)c1. The fraction of sp³-hybridized carbons (Fsp3) is 0.294. The fourth-order valence-electron chi connectivity index (χ4n) is 2.46. The average molecular weight is 364 g/mol. The predicted molar refractivity (Wildman–Crippen MR) is 95.7 cm³/mol. The summed E-state index contributed by atoms with van der Waals surface area (Å²) in [5.74, 6) is 0.559. The van der Waals surface area contributed by atoms with Crippen molar-refractivity contribution < 1.29 is 18.1 Å². The molecule has 0 fully saturated rings. The van der Waals surface area contributed by atoms with E-state index in [0.29, 0.717) is 23.6 Å². The molecule has 0 aliphatic heterocycles. The van der Waals surface area contributed by atoms with Crippen LogP contribution in [0.1, 0.15) is 19.4 Å². The van der Waals surface area contributed by atoms with Crippen molar-refractivity contribution >= 4 is 21.4 Å². The number of rotatable bonds is 7. The number of sulfonamides is 1. The van der Waals surface area contributed by atoms with Crippen molar-refractivity contribution in [1.82, 2.24) is 0 Å². The Hall–Kier alpha value is -2.61. The van der Waals surface area contributed by atoms with Crippen LogP contribution in [0.2, 0.25) is 0 Å². The Kier molecular flexibility index (Phi) is 5.63. The van der Waals surface area contributed by atoms with Gasteiger partial charge in [-0.25, -0.2) is 8.42 Å². The second-order valence-corrected chi connectivity index (χ2v) is 7.17. The third kappa shape index (κ3) is 3.90. The van der Waals surface area contributed by atoms with Crippen LogP contribution in [0, 0.1) is 17.0 Å². The molecule has 7 nitrogen and oxygen atoms in total. The number of benzene rings is 2. The van der Waals surface area contributed by atoms with Crippen molar-refractivity contribution in [3.8, 4) is 5.75 Å². The molecule has 2 aromatic rings. The minimum atomic E-state index is -3.94. The predicted octanol–water partition coefficient (Wildman–Crippen LogP) is 3.52. The molecule has 0 radical (unpaired) electrons. The van der Waals surface area contributed by atoms with E-state index in [9.17, 15) is 18.5 Å². The van der Waals surface area contributed by atoms with Crippen molar-refractivity contribution in [2.75, 3.05) is 17.5 Å². The van der Waals surface area contributed by atoms with Crippen LogP contribution in [0.25, 0.3) is 0 Å². The molecule has 0 spiro atoms. The Morgan fingerprint density at radius 1 is 1.16 bits per heavy atom. The summed E-state index contributed by atoms with van der Waals surface area (Å²) in [7, 11) is -3.94. The lowest BCUT2D eigenvalue weighted by atomic mass is 10.2. The maximum atomic E-state index is 13.0. The Labute approximate surface area is 147 Å². The molecular weight excluding hydrogens is 344 g/mol. The number of hydrogen-bond acceptors (Lipinski definition) is 5. The van der Waals surface area contributed by atoms with E-state index in [1.165, 1.54) is 16.4 Å². The molecule has 134 valence electrons. The molecule has 0 bridgehead atoms. The minimum Gasteiger partial charge on any atom is -0.494 e. The summed E-state index contributed by atoms with van der Waals surface area (Å²) in [4.78, 5) is 10.4. The van der Waals surface area contributed by atoms with Gasteiger partial charge in [0, 0.05) is 24.2 Å². The molecule has 0 unspecified atom stereocenters. The van der Waals surface area contributed by atoms with Gasteiger partial charge in [0.25, 0.3) is 15.7 Å². The number of nitrogens with zero attached hydrogens (tertiary/aromatic N) is 2. The zero-order valence-electron chi connectivity index (χ0n) is 14.3. The van der Waals surface area contributed by atoms with Crippen molar-refractivity contribution in [1.29, 1.82) is 0 Å². The van der Waals surface area contributed by atoms with Crippen LogP contribution in [0.3, 0.4) is 0 Å². The van der Waals surface area contributed by atoms with Gasteiger partial charge in [-0.3, -0.25) is 14.4 Å². The number of hydrogen-bond donors (Lipinski definition) is 0. The van der Waals surface area contributed by atoms with Crippen molar-refractivity contribution in [3.63, 3.8) is 0 Å². The summed E-state index contributed by atoms with van der Waals surface area (Å²) in [6.45, 7) is 5.75. The first-order valence-corrected chi connectivity index (χ1v) is 9.26. The molecule has 0 aliphatic carbocycles. The van der Waals surface area contributed by atoms with Gasteiger partial charge < -0.3 is 4.74 Å². The largest absolute Gasteiger partial charge is 0.494 e. The van der Waals surface area contributed by atoms with E-state index in [2.05, 4.69) is 0 Å². The van der Waals surface area contributed by atoms with Crippen molar-refractivity contribution in [2.45, 2.75) is 25.7 Å². The highest BCUT2D eigenvalue weighted by Crippen LogP contribution is 2.29. The molecular formula is C17H20N2O5S. The standard InChI is InChI=1S/C17H20N2O5S/c1-4-18(14-7-6-8-15(11-14)24-5-2)25(22,23)16-10-9-13(3)17(12-16)19(20)21/h6-12H,4-5H2,1-3H3. The van der Waals surface area contributed by atoms with Gasteiger partial charge in [0.15, 0.2) is 0 Å². The van der Waals surface area contributed by atoms with E-state index >= 15 is 0 Å². The molecule has 0 atom stereocenters. The Balaban J connectivity index is 2.51. The number of nitro groups is 1. The highest BCUT2D eigenvalue weighted by Gasteiger charge is 2.26. The first-order valence-electron chi connectivity index (χ1n) is 7.82. The van der Waals surface area contributed by atoms with Crippen LogP contribution in [-0.4, -0.2) is 26.5 Å². The molecule has 0 heterocycles. The summed E-state index contributed by atoms with van der Waals surface area (Å²) in [5.41, 5.74) is 0.627. The summed E-state index contributed by atoms with van der Waals surface area (Å²) in [6.07, 6.45) is 0. The number of aryl methyl sites for hydroxylation is 1. The zero-order valence-corrected chi connectivity index (χ0v) is 15.1. The quantitative estimate of drug-likeness (QED) is 0.554. The highest BCUT2D eigenvalue weighted by atomic mass is 32.2. The smallest absolute Gasteiger partial charge is 0.273 e. The maximum Gasteiger partial charge on any atom is 0.273 e. The molecule has 8 heteroatoms. The lowest BCUT2D eigenvalue weighted by molar-refractivity contribution is -0.385. The lowest BCUT2D eigenvalue weighted by Gasteiger charge is -2.23. The Morgan fingerprint density at radius 2 is 1.88 bits per heavy atom. The highest BCUT2D eigenvalue weighted by molar-refractivity contribution is 7.92. The Morgan fingerprint density at radius 3 is 2.48 bits per heavy atom. The number of anilines is 1. The van der Waals surface area contributed by atoms with E-state index in [1.54, 1.807) is 38.1 Å². The van der Waals surface area contributed by atoms with Crippen molar-refractivity contribution in [3.05, 3.63) is 58.1 Å². The number of ether oxygens (including phenoxy) is 1. The number of nitro benzene ring substituents is 1. The summed E-state index contributed by atoms with van der Waals surface area (Å²) in [6, 6.07) is 10.7. The van der Waals surface area contributed by atoms with Gasteiger partial charge in [-0.1, -0.05) is 12.1 Å². The third-order valence-corrected chi connectivity index (χ3v) is 5.57. The molecule has 0 aliphatic rings. The molecule has 2 rings (SSSR count). The first kappa shape index (κ1) is 18.7. The van der Waals surface area contributed by atoms with Crippen LogP contribution >= 0.6 is 0 Å². The first-order chi connectivity index (χ1) is 11.8. The average Bonchev–Trinajstić information content (AvgIpc) is 2.56. The van der Waals surface area contributed by atoms with Gasteiger partial charge in [0.1, 0.15) is 5.75 Å². The van der Waals surface area contributed by atoms with Gasteiger partial charge in [-0.15, -0.1) is 0 Å². The van der Waals surface area contributed by atoms with E-state index in [0.717, 1.165) is 6.07 Å². The monoisotopic (exact) mass is 364 g/mol. The minimum absolute atomic E-state index is 0.117. The Bertz CT molecular complexity index is 880. The van der Waals surface area contributed by atoms with Crippen molar-refractivity contribution in [2.24, 2.45) is 0 Å². The van der Waals surface area contributed by atoms with Crippen LogP contribution in [0.5, 0.6) is 5.75 Å². The topological polar surface area (TPSA) is 89.8 Å².